The lowest BCUT2D eigenvalue weighted by atomic mass is 10.1. The Morgan fingerprint density at radius 1 is 1.14 bits per heavy atom. The van der Waals surface area contributed by atoms with Gasteiger partial charge in [-0.3, -0.25) is 0 Å². The van der Waals surface area contributed by atoms with E-state index in [-0.39, 0.29) is 17.1 Å². The van der Waals surface area contributed by atoms with Crippen LogP contribution in [-0.4, -0.2) is 5.11 Å². The van der Waals surface area contributed by atoms with Gasteiger partial charge in [-0.1, -0.05) is 6.07 Å². The van der Waals surface area contributed by atoms with Crippen molar-refractivity contribution in [2.24, 2.45) is 0 Å². The first-order chi connectivity index (χ1) is 10.0. The van der Waals surface area contributed by atoms with E-state index in [1.54, 1.807) is 25.1 Å². The van der Waals surface area contributed by atoms with Crippen LogP contribution in [0.4, 0.5) is 4.39 Å². The molecule has 0 amide bonds. The molecule has 4 nitrogen and oxygen atoms in total. The Balaban J connectivity index is 2.41. The molecule has 5 heteroatoms. The van der Waals surface area contributed by atoms with Gasteiger partial charge in [-0.2, -0.15) is 10.5 Å². The number of ether oxygens (including phenoxy) is 1. The van der Waals surface area contributed by atoms with Crippen molar-refractivity contribution < 1.29 is 14.2 Å². The fourth-order valence-corrected chi connectivity index (χ4v) is 1.81. The molecule has 0 aliphatic rings. The molecule has 1 unspecified atom stereocenters. The molecule has 0 aliphatic carbocycles. The monoisotopic (exact) mass is 282 g/mol. The van der Waals surface area contributed by atoms with E-state index in [0.29, 0.717) is 11.1 Å². The Bertz CT molecular complexity index is 758. The SMILES string of the molecule is CC(O)c1ccc(C#N)cc1Oc1ccc(C#N)c(F)c1. The minimum atomic E-state index is -0.795. The Hall–Kier alpha value is -2.89. The molecule has 0 heterocycles. The molecule has 0 bridgehead atoms. The van der Waals surface area contributed by atoms with Crippen molar-refractivity contribution in [3.63, 3.8) is 0 Å². The fourth-order valence-electron chi connectivity index (χ4n) is 1.81. The third-order valence-corrected chi connectivity index (χ3v) is 2.88. The number of aliphatic hydroxyl groups excluding tert-OH is 1. The smallest absolute Gasteiger partial charge is 0.144 e. The van der Waals surface area contributed by atoms with Gasteiger partial charge in [0.2, 0.25) is 0 Å². The van der Waals surface area contributed by atoms with Crippen LogP contribution in [0.1, 0.15) is 29.7 Å². The van der Waals surface area contributed by atoms with Crippen LogP contribution in [0.3, 0.4) is 0 Å². The summed E-state index contributed by atoms with van der Waals surface area (Å²) in [5.41, 5.74) is 0.770. The Labute approximate surface area is 121 Å². The average molecular weight is 282 g/mol. The summed E-state index contributed by atoms with van der Waals surface area (Å²) in [6.45, 7) is 1.56. The second kappa shape index (κ2) is 6.04. The van der Waals surface area contributed by atoms with Gasteiger partial charge in [0.1, 0.15) is 23.4 Å². The summed E-state index contributed by atoms with van der Waals surface area (Å²) >= 11 is 0. The zero-order valence-electron chi connectivity index (χ0n) is 11.2. The van der Waals surface area contributed by atoms with Gasteiger partial charge < -0.3 is 9.84 Å². The molecule has 2 aromatic rings. The minimum Gasteiger partial charge on any atom is -0.457 e. The minimum absolute atomic E-state index is 0.0797. The van der Waals surface area contributed by atoms with Crippen LogP contribution in [0, 0.1) is 28.5 Å². The normalized spacial score (nSPS) is 11.3. The molecular formula is C16H11FN2O2. The Kier molecular flexibility index (Phi) is 4.18. The molecule has 2 aromatic carbocycles. The van der Waals surface area contributed by atoms with Gasteiger partial charge >= 0.3 is 0 Å². The fraction of sp³-hybridized carbons (Fsp3) is 0.125. The first-order valence-corrected chi connectivity index (χ1v) is 6.14. The van der Waals surface area contributed by atoms with Crippen molar-refractivity contribution in [2.75, 3.05) is 0 Å². The summed E-state index contributed by atoms with van der Waals surface area (Å²) in [7, 11) is 0. The molecule has 0 aliphatic heterocycles. The van der Waals surface area contributed by atoms with Gasteiger partial charge in [-0.25, -0.2) is 4.39 Å². The third-order valence-electron chi connectivity index (χ3n) is 2.88. The molecule has 104 valence electrons. The van der Waals surface area contributed by atoms with Crippen LogP contribution in [0.5, 0.6) is 11.5 Å². The van der Waals surface area contributed by atoms with Gasteiger partial charge in [0.15, 0.2) is 0 Å². The van der Waals surface area contributed by atoms with Crippen molar-refractivity contribution >= 4 is 0 Å². The maximum Gasteiger partial charge on any atom is 0.144 e. The van der Waals surface area contributed by atoms with Crippen molar-refractivity contribution in [1.82, 2.24) is 0 Å². The van der Waals surface area contributed by atoms with Crippen molar-refractivity contribution in [2.45, 2.75) is 13.0 Å². The molecule has 21 heavy (non-hydrogen) atoms. The zero-order chi connectivity index (χ0) is 15.4. The van der Waals surface area contributed by atoms with E-state index >= 15 is 0 Å². The van der Waals surface area contributed by atoms with Gasteiger partial charge in [0, 0.05) is 11.6 Å². The highest BCUT2D eigenvalue weighted by atomic mass is 19.1. The van der Waals surface area contributed by atoms with Crippen LogP contribution >= 0.6 is 0 Å². The lowest BCUT2D eigenvalue weighted by Gasteiger charge is -2.13. The molecule has 0 saturated heterocycles. The lowest BCUT2D eigenvalue weighted by molar-refractivity contribution is 0.195. The number of halogens is 1. The number of aliphatic hydroxyl groups is 1. The first kappa shape index (κ1) is 14.5. The molecule has 0 spiro atoms. The highest BCUT2D eigenvalue weighted by Gasteiger charge is 2.12. The maximum absolute atomic E-state index is 13.6. The third kappa shape index (κ3) is 3.17. The molecule has 2 rings (SSSR count). The summed E-state index contributed by atoms with van der Waals surface area (Å²) in [6, 6.07) is 12.2. The summed E-state index contributed by atoms with van der Waals surface area (Å²) in [6.07, 6.45) is -0.795. The van der Waals surface area contributed by atoms with Crippen LogP contribution in [0.15, 0.2) is 36.4 Å². The van der Waals surface area contributed by atoms with Gasteiger partial charge in [-0.05, 0) is 31.2 Å². The van der Waals surface area contributed by atoms with Crippen molar-refractivity contribution in [3.8, 4) is 23.6 Å². The molecule has 0 saturated carbocycles. The van der Waals surface area contributed by atoms with E-state index in [1.807, 2.05) is 6.07 Å². The van der Waals surface area contributed by atoms with E-state index in [9.17, 15) is 9.50 Å². The number of hydrogen-bond acceptors (Lipinski definition) is 4. The molecule has 0 aromatic heterocycles. The lowest BCUT2D eigenvalue weighted by Crippen LogP contribution is -1.97. The summed E-state index contributed by atoms with van der Waals surface area (Å²) in [4.78, 5) is 0. The van der Waals surface area contributed by atoms with E-state index in [0.717, 1.165) is 6.07 Å². The molecule has 0 fully saturated rings. The van der Waals surface area contributed by atoms with E-state index in [4.69, 9.17) is 15.3 Å². The van der Waals surface area contributed by atoms with E-state index in [1.165, 1.54) is 18.2 Å². The quantitative estimate of drug-likeness (QED) is 0.935. The Morgan fingerprint density at radius 3 is 2.48 bits per heavy atom. The Morgan fingerprint density at radius 2 is 1.90 bits per heavy atom. The second-order valence-corrected chi connectivity index (χ2v) is 4.40. The summed E-state index contributed by atoms with van der Waals surface area (Å²) in [5, 5.41) is 27.3. The number of nitriles is 2. The van der Waals surface area contributed by atoms with Gasteiger partial charge in [0.05, 0.1) is 23.3 Å². The molecular weight excluding hydrogens is 271 g/mol. The highest BCUT2D eigenvalue weighted by molar-refractivity contribution is 5.46. The second-order valence-electron chi connectivity index (χ2n) is 4.40. The van der Waals surface area contributed by atoms with Crippen LogP contribution in [0.25, 0.3) is 0 Å². The molecule has 0 radical (unpaired) electrons. The predicted molar refractivity (Wildman–Crippen MR) is 73.0 cm³/mol. The predicted octanol–water partition coefficient (Wildman–Crippen LogP) is 3.41. The number of nitrogens with zero attached hydrogens (tertiary/aromatic N) is 2. The van der Waals surface area contributed by atoms with E-state index in [2.05, 4.69) is 0 Å². The highest BCUT2D eigenvalue weighted by Crippen LogP contribution is 2.31. The summed E-state index contributed by atoms with van der Waals surface area (Å²) in [5.74, 6) is -0.235. The average Bonchev–Trinajstić information content (AvgIpc) is 2.47. The van der Waals surface area contributed by atoms with Crippen LogP contribution < -0.4 is 4.74 Å². The van der Waals surface area contributed by atoms with Gasteiger partial charge in [0.25, 0.3) is 0 Å². The standard InChI is InChI=1S/C16H11FN2O2/c1-10(20)14-5-2-11(8-18)6-16(14)21-13-4-3-12(9-19)15(17)7-13/h2-7,10,20H,1H3. The maximum atomic E-state index is 13.6. The van der Waals surface area contributed by atoms with Crippen molar-refractivity contribution in [1.29, 1.82) is 10.5 Å². The zero-order valence-corrected chi connectivity index (χ0v) is 11.2. The van der Waals surface area contributed by atoms with Gasteiger partial charge in [-0.15, -0.1) is 0 Å². The molecule has 1 atom stereocenters. The van der Waals surface area contributed by atoms with E-state index < -0.39 is 11.9 Å². The largest absolute Gasteiger partial charge is 0.457 e. The molecule has 1 N–H and O–H groups in total. The van der Waals surface area contributed by atoms with Crippen LogP contribution in [-0.2, 0) is 0 Å². The first-order valence-electron chi connectivity index (χ1n) is 6.14. The van der Waals surface area contributed by atoms with Crippen molar-refractivity contribution in [3.05, 3.63) is 58.9 Å². The summed E-state index contributed by atoms with van der Waals surface area (Å²) < 4.78 is 19.1. The number of rotatable bonds is 3. The topological polar surface area (TPSA) is 77.0 Å². The number of hydrogen-bond donors (Lipinski definition) is 1. The van der Waals surface area contributed by atoms with Crippen LogP contribution in [0.2, 0.25) is 0 Å². The number of benzene rings is 2.